The third-order valence-electron chi connectivity index (χ3n) is 16.1. The first-order chi connectivity index (χ1) is 26.3. The Bertz CT molecular complexity index is 1670. The van der Waals surface area contributed by atoms with Crippen molar-refractivity contribution in [2.45, 2.75) is 179 Å². The van der Waals surface area contributed by atoms with Gasteiger partial charge in [0.2, 0.25) is 5.78 Å². The SMILES string of the molecule is C[C@@H]1O[C@@H](O[C@H]2[C@H](O[C@@H]3CC[C@H]4C(=CC[C@@H]5[C@@]4(C)C(=O)C[C@]4(C)[C@@H]([C@@]6(C)OC(C(C)(C)O)=CC6=O)[C@H](O)C[C@@]54C)C3(C)C)O[C@H](CO)[C@@H](O)[C@@H]2O)[C@H](O)[C@H](O)[C@H]1O. The standard InChI is InChI=1S/C42H64O15/c1-18-28(47)30(49)32(51)35(53-18)56-33-31(50)29(48)22(17-43)54-36(33)55-26-13-11-20-19(37(26,2)3)10-12-23-39(6)15-21(44)34(40(39,7)16-25(46)41(20,23)8)42(9)24(45)14-27(57-42)38(4,5)52/h10,14,18,20-23,26,28-36,43-44,47-52H,11-13,15-17H2,1-9H3/t18-,20-,21+,22+,23-,26+,28-,29+,30+,31-,32+,33+,34-,35-,36-,39-,40+,41-,42-/m0/s1. The Morgan fingerprint density at radius 2 is 1.51 bits per heavy atom. The number of allylic oxidation sites excluding steroid dienone is 1. The summed E-state index contributed by atoms with van der Waals surface area (Å²) in [4.78, 5) is 28.6. The molecule has 0 aromatic rings. The van der Waals surface area contributed by atoms with Gasteiger partial charge in [-0.15, -0.1) is 0 Å². The fourth-order valence-electron chi connectivity index (χ4n) is 12.5. The molecular formula is C42H64O15. The molecule has 0 spiro atoms. The maximum atomic E-state index is 14.9. The number of Topliss-reactive ketones (excluding diaryl/α,β-unsaturated/α-hetero) is 1. The number of hydrogen-bond acceptors (Lipinski definition) is 15. The second-order valence-electron chi connectivity index (χ2n) is 20.0. The minimum atomic E-state index is -1.70. The average molecular weight is 809 g/mol. The van der Waals surface area contributed by atoms with Crippen molar-refractivity contribution in [2.75, 3.05) is 6.61 Å². The first kappa shape index (κ1) is 43.2. The van der Waals surface area contributed by atoms with E-state index in [-0.39, 0.29) is 35.6 Å². The lowest BCUT2D eigenvalue weighted by molar-refractivity contribution is -0.372. The molecule has 3 saturated carbocycles. The van der Waals surface area contributed by atoms with Crippen molar-refractivity contribution >= 4 is 11.6 Å². The van der Waals surface area contributed by atoms with Crippen LogP contribution in [0.1, 0.15) is 94.4 Å². The van der Waals surface area contributed by atoms with Gasteiger partial charge in [0, 0.05) is 29.2 Å². The highest BCUT2D eigenvalue weighted by Gasteiger charge is 2.75. The minimum absolute atomic E-state index is 0.0570. The van der Waals surface area contributed by atoms with E-state index in [9.17, 15) is 50.4 Å². The summed E-state index contributed by atoms with van der Waals surface area (Å²) in [5.41, 5.74) is -4.76. The lowest BCUT2D eigenvalue weighted by Gasteiger charge is -2.65. The minimum Gasteiger partial charge on any atom is -0.480 e. The molecule has 322 valence electrons. The van der Waals surface area contributed by atoms with Crippen molar-refractivity contribution in [1.29, 1.82) is 0 Å². The van der Waals surface area contributed by atoms with Crippen LogP contribution < -0.4 is 0 Å². The number of carbonyl (C=O) groups is 2. The predicted octanol–water partition coefficient (Wildman–Crippen LogP) is 0.791. The Hall–Kier alpha value is -1.86. The highest BCUT2D eigenvalue weighted by atomic mass is 16.8. The van der Waals surface area contributed by atoms with Crippen LogP contribution >= 0.6 is 0 Å². The lowest BCUT2D eigenvalue weighted by Crippen LogP contribution is -2.66. The molecule has 5 fully saturated rings. The third-order valence-corrected chi connectivity index (χ3v) is 16.1. The zero-order chi connectivity index (χ0) is 42.2. The molecule has 15 heteroatoms. The van der Waals surface area contributed by atoms with Crippen LogP contribution in [0.4, 0.5) is 0 Å². The largest absolute Gasteiger partial charge is 0.480 e. The van der Waals surface area contributed by atoms with Crippen molar-refractivity contribution in [3.63, 3.8) is 0 Å². The van der Waals surface area contributed by atoms with Crippen LogP contribution in [0.2, 0.25) is 0 Å². The van der Waals surface area contributed by atoms with Crippen molar-refractivity contribution < 1.29 is 74.1 Å². The van der Waals surface area contributed by atoms with Gasteiger partial charge in [-0.3, -0.25) is 9.59 Å². The summed E-state index contributed by atoms with van der Waals surface area (Å²) in [6, 6.07) is 0. The summed E-state index contributed by atoms with van der Waals surface area (Å²) < 4.78 is 30.5. The van der Waals surface area contributed by atoms with Gasteiger partial charge in [-0.05, 0) is 76.0 Å². The molecule has 0 bridgehead atoms. The molecule has 3 heterocycles. The molecule has 19 atom stereocenters. The van der Waals surface area contributed by atoms with Crippen LogP contribution in [0.25, 0.3) is 0 Å². The van der Waals surface area contributed by atoms with E-state index < -0.39 is 119 Å². The molecule has 3 aliphatic heterocycles. The molecule has 7 rings (SSSR count). The highest BCUT2D eigenvalue weighted by Crippen LogP contribution is 2.75. The van der Waals surface area contributed by atoms with Crippen LogP contribution in [0.5, 0.6) is 0 Å². The summed E-state index contributed by atoms with van der Waals surface area (Å²) in [6.45, 7) is 15.8. The zero-order valence-electron chi connectivity index (χ0n) is 34.5. The number of aliphatic hydroxyl groups is 8. The molecule has 0 radical (unpaired) electrons. The molecule has 0 unspecified atom stereocenters. The van der Waals surface area contributed by atoms with Gasteiger partial charge in [-0.25, -0.2) is 0 Å². The lowest BCUT2D eigenvalue weighted by atomic mass is 9.38. The summed E-state index contributed by atoms with van der Waals surface area (Å²) >= 11 is 0. The maximum Gasteiger partial charge on any atom is 0.202 e. The quantitative estimate of drug-likeness (QED) is 0.166. The molecule has 7 aliphatic rings. The monoisotopic (exact) mass is 808 g/mol. The number of fused-ring (bicyclic) bond motifs is 5. The van der Waals surface area contributed by atoms with Crippen LogP contribution in [0.3, 0.4) is 0 Å². The summed E-state index contributed by atoms with van der Waals surface area (Å²) in [7, 11) is 0. The fourth-order valence-corrected chi connectivity index (χ4v) is 12.5. The smallest absolute Gasteiger partial charge is 0.202 e. The molecular weight excluding hydrogens is 744 g/mol. The number of ether oxygens (including phenoxy) is 5. The average Bonchev–Trinajstić information content (AvgIpc) is 3.54. The Morgan fingerprint density at radius 1 is 0.842 bits per heavy atom. The molecule has 8 N–H and O–H groups in total. The van der Waals surface area contributed by atoms with E-state index in [1.54, 1.807) is 20.8 Å². The molecule has 4 aliphatic carbocycles. The van der Waals surface area contributed by atoms with Gasteiger partial charge in [-0.1, -0.05) is 46.3 Å². The fraction of sp³-hybridized carbons (Fsp3) is 0.857. The van der Waals surface area contributed by atoms with Gasteiger partial charge < -0.3 is 64.5 Å². The van der Waals surface area contributed by atoms with Gasteiger partial charge in [-0.2, -0.15) is 0 Å². The Kier molecular flexibility index (Phi) is 10.7. The molecule has 0 amide bonds. The normalized spacial score (nSPS) is 52.3. The van der Waals surface area contributed by atoms with Crippen LogP contribution in [-0.4, -0.2) is 144 Å². The second kappa shape index (κ2) is 14.1. The highest BCUT2D eigenvalue weighted by molar-refractivity contribution is 6.00. The van der Waals surface area contributed by atoms with Gasteiger partial charge in [0.15, 0.2) is 18.2 Å². The molecule has 0 aromatic carbocycles. The van der Waals surface area contributed by atoms with E-state index in [1.165, 1.54) is 13.0 Å². The Balaban J connectivity index is 1.16. The Labute approximate surface area is 334 Å². The summed E-state index contributed by atoms with van der Waals surface area (Å²) in [5, 5.41) is 86.0. The van der Waals surface area contributed by atoms with E-state index in [0.29, 0.717) is 25.7 Å². The number of carbonyl (C=O) groups excluding carboxylic acids is 2. The van der Waals surface area contributed by atoms with E-state index in [2.05, 4.69) is 13.0 Å². The number of ketones is 2. The van der Waals surface area contributed by atoms with E-state index in [0.717, 1.165) is 5.57 Å². The van der Waals surface area contributed by atoms with Crippen LogP contribution in [0, 0.1) is 39.4 Å². The van der Waals surface area contributed by atoms with E-state index in [1.807, 2.05) is 27.7 Å². The Morgan fingerprint density at radius 3 is 2.12 bits per heavy atom. The topological polar surface area (TPSA) is 242 Å². The number of aliphatic hydroxyl groups excluding tert-OH is 7. The van der Waals surface area contributed by atoms with Crippen LogP contribution in [-0.2, 0) is 33.3 Å². The van der Waals surface area contributed by atoms with E-state index in [4.69, 9.17) is 23.7 Å². The zero-order valence-corrected chi connectivity index (χ0v) is 34.5. The van der Waals surface area contributed by atoms with Crippen molar-refractivity contribution in [3.05, 3.63) is 23.5 Å². The molecule has 2 saturated heterocycles. The first-order valence-corrected chi connectivity index (χ1v) is 20.5. The second-order valence-corrected chi connectivity index (χ2v) is 20.0. The van der Waals surface area contributed by atoms with Gasteiger partial charge in [0.1, 0.15) is 59.9 Å². The van der Waals surface area contributed by atoms with Crippen molar-refractivity contribution in [1.82, 2.24) is 0 Å². The van der Waals surface area contributed by atoms with E-state index >= 15 is 0 Å². The first-order valence-electron chi connectivity index (χ1n) is 20.5. The van der Waals surface area contributed by atoms with Crippen molar-refractivity contribution in [2.24, 2.45) is 39.4 Å². The van der Waals surface area contributed by atoms with Crippen LogP contribution in [0.15, 0.2) is 23.5 Å². The maximum absolute atomic E-state index is 14.9. The van der Waals surface area contributed by atoms with Gasteiger partial charge >= 0.3 is 0 Å². The third kappa shape index (κ3) is 6.19. The summed E-state index contributed by atoms with van der Waals surface area (Å²) in [5.74, 6) is -1.22. The van der Waals surface area contributed by atoms with Crippen molar-refractivity contribution in [3.8, 4) is 0 Å². The molecule has 57 heavy (non-hydrogen) atoms. The predicted molar refractivity (Wildman–Crippen MR) is 199 cm³/mol. The number of rotatable bonds is 7. The molecule has 15 nitrogen and oxygen atoms in total. The van der Waals surface area contributed by atoms with Gasteiger partial charge in [0.05, 0.1) is 24.9 Å². The molecule has 0 aromatic heterocycles. The number of hydrogen-bond donors (Lipinski definition) is 8. The summed E-state index contributed by atoms with van der Waals surface area (Å²) in [6.07, 6.45) is -10.4. The van der Waals surface area contributed by atoms with Gasteiger partial charge in [0.25, 0.3) is 0 Å².